The van der Waals surface area contributed by atoms with E-state index in [1.54, 1.807) is 29.2 Å². The van der Waals surface area contributed by atoms with E-state index in [-0.39, 0.29) is 29.3 Å². The van der Waals surface area contributed by atoms with E-state index in [0.29, 0.717) is 24.3 Å². The number of aryl methyl sites for hydroxylation is 1. The number of halogens is 1. The summed E-state index contributed by atoms with van der Waals surface area (Å²) in [5, 5.41) is 0. The van der Waals surface area contributed by atoms with Crippen LogP contribution in [0.4, 0.5) is 5.69 Å². The number of nitrogens with zero attached hydrogens (tertiary/aromatic N) is 1. The van der Waals surface area contributed by atoms with Crippen molar-refractivity contribution in [3.8, 4) is 0 Å². The molecular formula is C19H24ClN3O3S. The summed E-state index contributed by atoms with van der Waals surface area (Å²) in [6.07, 6.45) is 1.81. The lowest BCUT2D eigenvalue weighted by Crippen LogP contribution is -2.45. The first kappa shape index (κ1) is 21.2. The van der Waals surface area contributed by atoms with E-state index in [0.717, 1.165) is 18.4 Å². The number of likely N-dealkylation sites (tertiary alicyclic amines) is 1. The fourth-order valence-corrected chi connectivity index (χ4v) is 4.18. The zero-order valence-corrected chi connectivity index (χ0v) is 16.7. The van der Waals surface area contributed by atoms with E-state index in [4.69, 9.17) is 5.73 Å². The molecule has 2 aromatic rings. The number of benzene rings is 2. The predicted octanol–water partition coefficient (Wildman–Crippen LogP) is 2.78. The summed E-state index contributed by atoms with van der Waals surface area (Å²) in [5.41, 5.74) is 7.77. The molecule has 146 valence electrons. The van der Waals surface area contributed by atoms with Crippen molar-refractivity contribution in [1.82, 2.24) is 4.90 Å². The molecule has 3 N–H and O–H groups in total. The third kappa shape index (κ3) is 5.00. The molecule has 1 atom stereocenters. The van der Waals surface area contributed by atoms with Crippen molar-refractivity contribution < 1.29 is 13.2 Å². The van der Waals surface area contributed by atoms with Crippen LogP contribution in [0.5, 0.6) is 0 Å². The molecule has 0 aromatic heterocycles. The Labute approximate surface area is 166 Å². The molecule has 1 fully saturated rings. The number of piperidine rings is 1. The summed E-state index contributed by atoms with van der Waals surface area (Å²) >= 11 is 0. The van der Waals surface area contributed by atoms with Crippen LogP contribution in [-0.2, 0) is 10.0 Å². The van der Waals surface area contributed by atoms with Crippen molar-refractivity contribution in [2.24, 2.45) is 5.73 Å². The Morgan fingerprint density at radius 3 is 2.44 bits per heavy atom. The second-order valence-corrected chi connectivity index (χ2v) is 8.28. The third-order valence-electron chi connectivity index (χ3n) is 4.55. The van der Waals surface area contributed by atoms with Gasteiger partial charge in [-0.25, -0.2) is 8.42 Å². The number of sulfonamides is 1. The van der Waals surface area contributed by atoms with Gasteiger partial charge in [-0.2, -0.15) is 0 Å². The first-order valence-corrected chi connectivity index (χ1v) is 10.1. The first-order valence-electron chi connectivity index (χ1n) is 8.60. The fraction of sp³-hybridized carbons (Fsp3) is 0.316. The third-order valence-corrected chi connectivity index (χ3v) is 5.93. The van der Waals surface area contributed by atoms with Gasteiger partial charge in [-0.1, -0.05) is 18.2 Å². The zero-order chi connectivity index (χ0) is 18.7. The molecule has 8 heteroatoms. The van der Waals surface area contributed by atoms with Crippen LogP contribution in [0.25, 0.3) is 0 Å². The van der Waals surface area contributed by atoms with Gasteiger partial charge in [0.15, 0.2) is 0 Å². The summed E-state index contributed by atoms with van der Waals surface area (Å²) < 4.78 is 27.7. The van der Waals surface area contributed by atoms with Crippen LogP contribution in [0.3, 0.4) is 0 Å². The van der Waals surface area contributed by atoms with Crippen molar-refractivity contribution >= 4 is 34.0 Å². The zero-order valence-electron chi connectivity index (χ0n) is 15.1. The molecule has 1 heterocycles. The van der Waals surface area contributed by atoms with Crippen LogP contribution >= 0.6 is 12.4 Å². The molecule has 0 bridgehead atoms. The Bertz CT molecular complexity index is 901. The number of nitrogens with one attached hydrogen (secondary N) is 1. The normalized spacial score (nSPS) is 17.1. The number of nitrogens with two attached hydrogens (primary N) is 1. The Morgan fingerprint density at radius 2 is 1.81 bits per heavy atom. The molecule has 1 aliphatic rings. The van der Waals surface area contributed by atoms with Gasteiger partial charge in [0.25, 0.3) is 15.9 Å². The predicted molar refractivity (Wildman–Crippen MR) is 109 cm³/mol. The van der Waals surface area contributed by atoms with Gasteiger partial charge in [0.2, 0.25) is 0 Å². The highest BCUT2D eigenvalue weighted by Gasteiger charge is 2.23. The summed E-state index contributed by atoms with van der Waals surface area (Å²) in [6, 6.07) is 13.2. The standard InChI is InChI=1S/C19H23N3O3S.ClH/c1-14-5-2-3-7-18(14)21-26(24,25)17-10-8-15(9-11-17)19(23)22-12-4-6-16(20)13-22;/h2-3,5,7-11,16,21H,4,6,12-13,20H2,1H3;1H. The van der Waals surface area contributed by atoms with Gasteiger partial charge in [-0.05, 0) is 55.7 Å². The smallest absolute Gasteiger partial charge is 0.261 e. The number of carbonyl (C=O) groups is 1. The van der Waals surface area contributed by atoms with Gasteiger partial charge in [0.1, 0.15) is 0 Å². The molecule has 1 saturated heterocycles. The minimum absolute atomic E-state index is 0. The van der Waals surface area contributed by atoms with E-state index in [1.165, 1.54) is 12.1 Å². The van der Waals surface area contributed by atoms with E-state index >= 15 is 0 Å². The van der Waals surface area contributed by atoms with Crippen LogP contribution in [0.15, 0.2) is 53.4 Å². The summed E-state index contributed by atoms with van der Waals surface area (Å²) in [4.78, 5) is 14.4. The molecule has 0 saturated carbocycles. The Kier molecular flexibility index (Phi) is 6.86. The topological polar surface area (TPSA) is 92.5 Å². The number of anilines is 1. The van der Waals surface area contributed by atoms with E-state index in [2.05, 4.69) is 4.72 Å². The lowest BCUT2D eigenvalue weighted by atomic mass is 10.1. The highest BCUT2D eigenvalue weighted by molar-refractivity contribution is 7.92. The minimum atomic E-state index is -3.71. The van der Waals surface area contributed by atoms with Crippen molar-refractivity contribution in [3.63, 3.8) is 0 Å². The molecule has 1 aliphatic heterocycles. The number of hydrogen-bond acceptors (Lipinski definition) is 4. The molecule has 1 amide bonds. The molecule has 1 unspecified atom stereocenters. The van der Waals surface area contributed by atoms with Gasteiger partial charge in [0, 0.05) is 24.7 Å². The van der Waals surface area contributed by atoms with Gasteiger partial charge >= 0.3 is 0 Å². The average Bonchev–Trinajstić information content (AvgIpc) is 2.63. The Morgan fingerprint density at radius 1 is 1.15 bits per heavy atom. The van der Waals surface area contributed by atoms with E-state index in [1.807, 2.05) is 19.1 Å². The number of para-hydroxylation sites is 1. The molecule has 2 aromatic carbocycles. The monoisotopic (exact) mass is 409 g/mol. The van der Waals surface area contributed by atoms with Crippen molar-refractivity contribution in [3.05, 3.63) is 59.7 Å². The fourth-order valence-electron chi connectivity index (χ4n) is 3.04. The van der Waals surface area contributed by atoms with Gasteiger partial charge in [0.05, 0.1) is 10.6 Å². The molecule has 3 rings (SSSR count). The number of rotatable bonds is 4. The lowest BCUT2D eigenvalue weighted by Gasteiger charge is -2.30. The Hall–Kier alpha value is -2.09. The van der Waals surface area contributed by atoms with Gasteiger partial charge in [-0.15, -0.1) is 12.4 Å². The molecule has 27 heavy (non-hydrogen) atoms. The molecular weight excluding hydrogens is 386 g/mol. The lowest BCUT2D eigenvalue weighted by molar-refractivity contribution is 0.0708. The highest BCUT2D eigenvalue weighted by Crippen LogP contribution is 2.20. The second kappa shape index (κ2) is 8.73. The van der Waals surface area contributed by atoms with Crippen LogP contribution in [0.2, 0.25) is 0 Å². The summed E-state index contributed by atoms with van der Waals surface area (Å²) in [6.45, 7) is 3.05. The summed E-state index contributed by atoms with van der Waals surface area (Å²) in [5.74, 6) is -0.115. The van der Waals surface area contributed by atoms with Crippen molar-refractivity contribution in [2.45, 2.75) is 30.7 Å². The number of carbonyl (C=O) groups excluding carboxylic acids is 1. The molecule has 0 spiro atoms. The minimum Gasteiger partial charge on any atom is -0.337 e. The largest absolute Gasteiger partial charge is 0.337 e. The van der Waals surface area contributed by atoms with E-state index < -0.39 is 10.0 Å². The van der Waals surface area contributed by atoms with Crippen molar-refractivity contribution in [2.75, 3.05) is 17.8 Å². The van der Waals surface area contributed by atoms with Gasteiger partial charge < -0.3 is 10.6 Å². The first-order chi connectivity index (χ1) is 12.4. The highest BCUT2D eigenvalue weighted by atomic mass is 35.5. The van der Waals surface area contributed by atoms with Crippen LogP contribution in [-0.4, -0.2) is 38.4 Å². The van der Waals surface area contributed by atoms with E-state index in [9.17, 15) is 13.2 Å². The van der Waals surface area contributed by atoms with Crippen LogP contribution < -0.4 is 10.5 Å². The van der Waals surface area contributed by atoms with Crippen molar-refractivity contribution in [1.29, 1.82) is 0 Å². The van der Waals surface area contributed by atoms with Crippen LogP contribution in [0.1, 0.15) is 28.8 Å². The van der Waals surface area contributed by atoms with Crippen LogP contribution in [0, 0.1) is 6.92 Å². The average molecular weight is 410 g/mol. The molecule has 0 radical (unpaired) electrons. The number of amides is 1. The van der Waals surface area contributed by atoms with Gasteiger partial charge in [-0.3, -0.25) is 9.52 Å². The molecule has 0 aliphatic carbocycles. The maximum absolute atomic E-state index is 12.6. The second-order valence-electron chi connectivity index (χ2n) is 6.60. The SMILES string of the molecule is Cc1ccccc1NS(=O)(=O)c1ccc(C(=O)N2CCCC(N)C2)cc1.Cl. The Balaban J connectivity index is 0.00000261. The molecule has 6 nitrogen and oxygen atoms in total. The maximum Gasteiger partial charge on any atom is 0.261 e. The number of hydrogen-bond donors (Lipinski definition) is 2. The maximum atomic E-state index is 12.6. The summed E-state index contributed by atoms with van der Waals surface area (Å²) in [7, 11) is -3.71. The quantitative estimate of drug-likeness (QED) is 0.812.